The second-order valence-corrected chi connectivity index (χ2v) is 5.95. The van der Waals surface area contributed by atoms with Crippen molar-refractivity contribution < 1.29 is 13.9 Å². The van der Waals surface area contributed by atoms with Crippen LogP contribution in [0.2, 0.25) is 0 Å². The Morgan fingerprint density at radius 2 is 1.96 bits per heavy atom. The van der Waals surface area contributed by atoms with Crippen LogP contribution in [-0.2, 0) is 4.79 Å². The van der Waals surface area contributed by atoms with Crippen LogP contribution in [-0.4, -0.2) is 37.0 Å². The molecule has 0 saturated carbocycles. The molecule has 0 spiro atoms. The summed E-state index contributed by atoms with van der Waals surface area (Å²) in [4.78, 5) is 14.3. The zero-order valence-electron chi connectivity index (χ0n) is 14.8. The average molecular weight is 344 g/mol. The number of carbonyl (C=O) groups is 1. The molecular weight excluding hydrogens is 319 g/mol. The number of benzene rings is 2. The molecule has 5 heteroatoms. The van der Waals surface area contributed by atoms with E-state index in [9.17, 15) is 9.18 Å². The molecule has 0 fully saturated rings. The molecule has 2 rings (SSSR count). The third-order valence-electron chi connectivity index (χ3n) is 3.80. The molecule has 134 valence electrons. The Morgan fingerprint density at radius 1 is 1.16 bits per heavy atom. The van der Waals surface area contributed by atoms with Crippen molar-refractivity contribution in [3.05, 3.63) is 59.9 Å². The molecule has 4 nitrogen and oxygen atoms in total. The number of aryl methyl sites for hydroxylation is 1. The SMILES string of the molecule is CCCN(CCOc1cccc(F)c1)CC(=O)Nc1ccccc1C. The van der Waals surface area contributed by atoms with E-state index in [-0.39, 0.29) is 11.7 Å². The number of para-hydroxylation sites is 1. The van der Waals surface area contributed by atoms with Crippen molar-refractivity contribution in [2.45, 2.75) is 20.3 Å². The predicted molar refractivity (Wildman–Crippen MR) is 98.4 cm³/mol. The highest BCUT2D eigenvalue weighted by Gasteiger charge is 2.11. The van der Waals surface area contributed by atoms with Gasteiger partial charge in [-0.15, -0.1) is 0 Å². The van der Waals surface area contributed by atoms with Gasteiger partial charge in [0, 0.05) is 18.3 Å². The van der Waals surface area contributed by atoms with Gasteiger partial charge >= 0.3 is 0 Å². The van der Waals surface area contributed by atoms with E-state index in [0.29, 0.717) is 25.4 Å². The summed E-state index contributed by atoms with van der Waals surface area (Å²) in [5.74, 6) is 0.134. The maximum absolute atomic E-state index is 13.1. The van der Waals surface area contributed by atoms with Gasteiger partial charge in [0.2, 0.25) is 5.91 Å². The molecular formula is C20H25FN2O2. The third kappa shape index (κ3) is 6.55. The minimum atomic E-state index is -0.319. The van der Waals surface area contributed by atoms with Gasteiger partial charge in [0.1, 0.15) is 18.2 Å². The van der Waals surface area contributed by atoms with Crippen LogP contribution in [0.3, 0.4) is 0 Å². The van der Waals surface area contributed by atoms with Gasteiger partial charge in [-0.25, -0.2) is 4.39 Å². The van der Waals surface area contributed by atoms with Crippen LogP contribution in [0, 0.1) is 12.7 Å². The number of amides is 1. The van der Waals surface area contributed by atoms with Crippen LogP contribution in [0.5, 0.6) is 5.75 Å². The van der Waals surface area contributed by atoms with Gasteiger partial charge < -0.3 is 10.1 Å². The van der Waals surface area contributed by atoms with Crippen LogP contribution in [0.4, 0.5) is 10.1 Å². The number of anilines is 1. The van der Waals surface area contributed by atoms with Gasteiger partial charge in [0.25, 0.3) is 0 Å². The molecule has 0 aliphatic heterocycles. The van der Waals surface area contributed by atoms with Crippen molar-refractivity contribution in [2.24, 2.45) is 0 Å². The minimum absolute atomic E-state index is 0.0477. The summed E-state index contributed by atoms with van der Waals surface area (Å²) in [6, 6.07) is 13.8. The van der Waals surface area contributed by atoms with Gasteiger partial charge in [0.15, 0.2) is 0 Å². The first kappa shape index (κ1) is 18.9. The second kappa shape index (κ2) is 9.79. The summed E-state index contributed by atoms with van der Waals surface area (Å²) in [6.45, 7) is 6.14. The van der Waals surface area contributed by atoms with Gasteiger partial charge in [0.05, 0.1) is 6.54 Å². The molecule has 0 heterocycles. The molecule has 0 atom stereocenters. The highest BCUT2D eigenvalue weighted by molar-refractivity contribution is 5.92. The minimum Gasteiger partial charge on any atom is -0.492 e. The Bertz CT molecular complexity index is 691. The standard InChI is InChI=1S/C20H25FN2O2/c1-3-11-23(12-13-25-18-9-6-8-17(21)14-18)15-20(24)22-19-10-5-4-7-16(19)2/h4-10,14H,3,11-13,15H2,1-2H3,(H,22,24). The van der Waals surface area contributed by atoms with Crippen LogP contribution in [0.1, 0.15) is 18.9 Å². The average Bonchev–Trinajstić information content (AvgIpc) is 2.57. The van der Waals surface area contributed by atoms with E-state index in [2.05, 4.69) is 12.2 Å². The van der Waals surface area contributed by atoms with E-state index in [1.807, 2.05) is 36.1 Å². The molecule has 0 bridgehead atoms. The van der Waals surface area contributed by atoms with Crippen LogP contribution >= 0.6 is 0 Å². The Labute approximate surface area is 148 Å². The van der Waals surface area contributed by atoms with Crippen molar-refractivity contribution in [3.8, 4) is 5.75 Å². The molecule has 0 aliphatic rings. The number of rotatable bonds is 9. The second-order valence-electron chi connectivity index (χ2n) is 5.95. The monoisotopic (exact) mass is 344 g/mol. The molecule has 2 aromatic carbocycles. The first-order valence-corrected chi connectivity index (χ1v) is 8.54. The van der Waals surface area contributed by atoms with Crippen molar-refractivity contribution in [1.82, 2.24) is 4.90 Å². The lowest BCUT2D eigenvalue weighted by Gasteiger charge is -2.21. The topological polar surface area (TPSA) is 41.6 Å². The molecule has 0 aliphatic carbocycles. The number of halogens is 1. The fourth-order valence-electron chi connectivity index (χ4n) is 2.54. The van der Waals surface area contributed by atoms with Crippen LogP contribution in [0.25, 0.3) is 0 Å². The first-order chi connectivity index (χ1) is 12.1. The smallest absolute Gasteiger partial charge is 0.238 e. The van der Waals surface area contributed by atoms with E-state index < -0.39 is 0 Å². The van der Waals surface area contributed by atoms with E-state index in [0.717, 1.165) is 24.2 Å². The largest absolute Gasteiger partial charge is 0.492 e. The molecule has 0 radical (unpaired) electrons. The van der Waals surface area contributed by atoms with Crippen LogP contribution in [0.15, 0.2) is 48.5 Å². The number of nitrogens with one attached hydrogen (secondary N) is 1. The molecule has 0 unspecified atom stereocenters. The van der Waals surface area contributed by atoms with Gasteiger partial charge in [-0.2, -0.15) is 0 Å². The normalized spacial score (nSPS) is 10.7. The van der Waals surface area contributed by atoms with E-state index in [1.54, 1.807) is 12.1 Å². The highest BCUT2D eigenvalue weighted by Crippen LogP contribution is 2.13. The van der Waals surface area contributed by atoms with E-state index in [4.69, 9.17) is 4.74 Å². The summed E-state index contributed by atoms with van der Waals surface area (Å²) in [5.41, 5.74) is 1.87. The Morgan fingerprint density at radius 3 is 2.68 bits per heavy atom. The summed E-state index contributed by atoms with van der Waals surface area (Å²) in [6.07, 6.45) is 0.942. The van der Waals surface area contributed by atoms with Crippen LogP contribution < -0.4 is 10.1 Å². The summed E-state index contributed by atoms with van der Waals surface area (Å²) in [5, 5.41) is 2.94. The Balaban J connectivity index is 1.83. The molecule has 0 saturated heterocycles. The van der Waals surface area contributed by atoms with Gasteiger partial charge in [-0.1, -0.05) is 31.2 Å². The number of carbonyl (C=O) groups excluding carboxylic acids is 1. The van der Waals surface area contributed by atoms with Crippen molar-refractivity contribution in [2.75, 3.05) is 31.6 Å². The quantitative estimate of drug-likeness (QED) is 0.751. The Hall–Kier alpha value is -2.40. The number of hydrogen-bond donors (Lipinski definition) is 1. The van der Waals surface area contributed by atoms with E-state index in [1.165, 1.54) is 12.1 Å². The number of hydrogen-bond acceptors (Lipinski definition) is 3. The molecule has 25 heavy (non-hydrogen) atoms. The lowest BCUT2D eigenvalue weighted by Crippen LogP contribution is -2.36. The zero-order chi connectivity index (χ0) is 18.1. The molecule has 0 aromatic heterocycles. The van der Waals surface area contributed by atoms with Gasteiger partial charge in [-0.3, -0.25) is 9.69 Å². The maximum atomic E-state index is 13.1. The van der Waals surface area contributed by atoms with Crippen molar-refractivity contribution in [1.29, 1.82) is 0 Å². The molecule has 1 N–H and O–H groups in total. The van der Waals surface area contributed by atoms with E-state index >= 15 is 0 Å². The number of nitrogens with zero attached hydrogens (tertiary/aromatic N) is 1. The molecule has 1 amide bonds. The van der Waals surface area contributed by atoms with Crippen molar-refractivity contribution in [3.63, 3.8) is 0 Å². The predicted octanol–water partition coefficient (Wildman–Crippen LogP) is 3.86. The summed E-state index contributed by atoms with van der Waals surface area (Å²) < 4.78 is 18.7. The third-order valence-corrected chi connectivity index (χ3v) is 3.80. The lowest BCUT2D eigenvalue weighted by atomic mass is 10.2. The van der Waals surface area contributed by atoms with Gasteiger partial charge in [-0.05, 0) is 43.7 Å². The fourth-order valence-corrected chi connectivity index (χ4v) is 2.54. The zero-order valence-corrected chi connectivity index (χ0v) is 14.8. The maximum Gasteiger partial charge on any atom is 0.238 e. The fraction of sp³-hybridized carbons (Fsp3) is 0.350. The highest BCUT2D eigenvalue weighted by atomic mass is 19.1. The first-order valence-electron chi connectivity index (χ1n) is 8.54. The summed E-state index contributed by atoms with van der Waals surface area (Å²) >= 11 is 0. The van der Waals surface area contributed by atoms with Crippen molar-refractivity contribution >= 4 is 11.6 Å². The number of ether oxygens (including phenoxy) is 1. The Kier molecular flexibility index (Phi) is 7.41. The lowest BCUT2D eigenvalue weighted by molar-refractivity contribution is -0.117. The molecule has 2 aromatic rings. The summed E-state index contributed by atoms with van der Waals surface area (Å²) in [7, 11) is 0.